The summed E-state index contributed by atoms with van der Waals surface area (Å²) in [4.78, 5) is 6.14. The summed E-state index contributed by atoms with van der Waals surface area (Å²) in [5.41, 5.74) is 0.590. The second-order valence-corrected chi connectivity index (χ2v) is 10.6. The number of piperazine rings is 1. The van der Waals surface area contributed by atoms with E-state index < -0.39 is 27.6 Å². The molecule has 0 aliphatic carbocycles. The van der Waals surface area contributed by atoms with Gasteiger partial charge in [0.1, 0.15) is 5.82 Å². The monoisotopic (exact) mass is 519 g/mol. The maximum absolute atomic E-state index is 13.3. The van der Waals surface area contributed by atoms with Gasteiger partial charge in [-0.05, 0) is 35.9 Å². The van der Waals surface area contributed by atoms with Gasteiger partial charge in [-0.2, -0.15) is 17.5 Å². The van der Waals surface area contributed by atoms with Gasteiger partial charge < -0.3 is 4.90 Å². The lowest BCUT2D eigenvalue weighted by Gasteiger charge is -2.33. The van der Waals surface area contributed by atoms with Crippen molar-refractivity contribution in [3.05, 3.63) is 75.5 Å². The molecule has 2 aromatic carbocycles. The van der Waals surface area contributed by atoms with Crippen molar-refractivity contribution in [1.29, 1.82) is 0 Å². The summed E-state index contributed by atoms with van der Waals surface area (Å²) < 4.78 is 79.1. The summed E-state index contributed by atoms with van der Waals surface area (Å²) >= 11 is 7.23. The second-order valence-electron chi connectivity index (χ2n) is 7.46. The first-order valence-corrected chi connectivity index (χ1v) is 12.5. The molecule has 3 aromatic rings. The first-order chi connectivity index (χ1) is 15.5. The van der Waals surface area contributed by atoms with Gasteiger partial charge in [0, 0.05) is 38.0 Å². The van der Waals surface area contributed by atoms with E-state index in [1.165, 1.54) is 27.8 Å². The number of sulfonamides is 1. The van der Waals surface area contributed by atoms with Gasteiger partial charge >= 0.3 is 6.18 Å². The van der Waals surface area contributed by atoms with E-state index in [0.717, 1.165) is 23.4 Å². The molecule has 0 unspecified atom stereocenters. The van der Waals surface area contributed by atoms with Gasteiger partial charge in [-0.25, -0.2) is 17.8 Å². The Kier molecular flexibility index (Phi) is 6.68. The quantitative estimate of drug-likeness (QED) is 0.442. The number of benzene rings is 2. The van der Waals surface area contributed by atoms with Crippen molar-refractivity contribution < 1.29 is 26.0 Å². The van der Waals surface area contributed by atoms with Crippen LogP contribution in [0.2, 0.25) is 5.02 Å². The number of halogens is 5. The Hall–Kier alpha value is -2.21. The third kappa shape index (κ3) is 5.32. The van der Waals surface area contributed by atoms with Crippen molar-refractivity contribution in [3.63, 3.8) is 0 Å². The van der Waals surface area contributed by atoms with Gasteiger partial charge in [-0.15, -0.1) is 11.3 Å². The Morgan fingerprint density at radius 1 is 1.06 bits per heavy atom. The van der Waals surface area contributed by atoms with Gasteiger partial charge in [-0.1, -0.05) is 23.7 Å². The molecule has 176 valence electrons. The SMILES string of the molecule is O=S(=O)(c1cccc(C(F)(F)F)c1)N1CCN(c2nc(Cc3ccc(F)c(Cl)c3)cs2)CC1. The lowest BCUT2D eigenvalue weighted by Crippen LogP contribution is -2.48. The number of aromatic nitrogens is 1. The van der Waals surface area contributed by atoms with Crippen molar-refractivity contribution >= 4 is 38.1 Å². The van der Waals surface area contributed by atoms with Crippen molar-refractivity contribution in [1.82, 2.24) is 9.29 Å². The second kappa shape index (κ2) is 9.21. The molecular weight excluding hydrogens is 502 g/mol. The molecule has 0 atom stereocenters. The van der Waals surface area contributed by atoms with Crippen molar-refractivity contribution in [2.75, 3.05) is 31.1 Å². The number of rotatable bonds is 5. The van der Waals surface area contributed by atoms with Crippen LogP contribution in [0.4, 0.5) is 22.7 Å². The molecule has 5 nitrogen and oxygen atoms in total. The Morgan fingerprint density at radius 3 is 2.45 bits per heavy atom. The van der Waals surface area contributed by atoms with E-state index in [4.69, 9.17) is 11.6 Å². The number of thiazole rings is 1. The molecule has 2 heterocycles. The molecule has 1 aliphatic rings. The molecule has 4 rings (SSSR count). The number of anilines is 1. The summed E-state index contributed by atoms with van der Waals surface area (Å²) in [5.74, 6) is -0.489. The molecular formula is C21H18ClF4N3O2S2. The molecule has 1 fully saturated rings. The fraction of sp³-hybridized carbons (Fsp3) is 0.286. The third-order valence-corrected chi connectivity index (χ3v) is 8.35. The Bertz CT molecular complexity index is 1260. The molecule has 1 aromatic heterocycles. The zero-order valence-electron chi connectivity index (χ0n) is 17.0. The number of nitrogens with zero attached hydrogens (tertiary/aromatic N) is 3. The third-order valence-electron chi connectivity index (χ3n) is 5.22. The minimum Gasteiger partial charge on any atom is -0.345 e. The van der Waals surface area contributed by atoms with E-state index in [-0.39, 0.29) is 23.0 Å². The maximum Gasteiger partial charge on any atom is 0.416 e. The lowest BCUT2D eigenvalue weighted by molar-refractivity contribution is -0.137. The standard InChI is InChI=1S/C21H18ClF4N3O2S2/c22-18-11-14(4-5-19(18)23)10-16-13-32-20(27-16)28-6-8-29(9-7-28)33(30,31)17-3-1-2-15(12-17)21(24,25)26/h1-5,11-13H,6-10H2. The van der Waals surface area contributed by atoms with Crippen LogP contribution >= 0.6 is 22.9 Å². The normalized spacial score (nSPS) is 15.7. The van der Waals surface area contributed by atoms with Gasteiger partial charge in [0.25, 0.3) is 0 Å². The molecule has 0 amide bonds. The van der Waals surface area contributed by atoms with E-state index in [0.29, 0.717) is 30.7 Å². The Balaban J connectivity index is 1.41. The van der Waals surface area contributed by atoms with E-state index in [9.17, 15) is 26.0 Å². The van der Waals surface area contributed by atoms with Crippen LogP contribution in [0, 0.1) is 5.82 Å². The number of alkyl halides is 3. The molecule has 0 spiro atoms. The number of hydrogen-bond acceptors (Lipinski definition) is 5. The molecule has 0 bridgehead atoms. The summed E-state index contributed by atoms with van der Waals surface area (Å²) in [6.07, 6.45) is -4.15. The van der Waals surface area contributed by atoms with Crippen LogP contribution in [0.1, 0.15) is 16.8 Å². The first-order valence-electron chi connectivity index (χ1n) is 9.85. The first kappa shape index (κ1) is 23.9. The lowest BCUT2D eigenvalue weighted by atomic mass is 10.1. The minimum absolute atomic E-state index is 0.0426. The van der Waals surface area contributed by atoms with E-state index in [1.54, 1.807) is 12.1 Å². The zero-order valence-corrected chi connectivity index (χ0v) is 19.4. The molecule has 33 heavy (non-hydrogen) atoms. The van der Waals surface area contributed by atoms with Crippen LogP contribution in [0.3, 0.4) is 0 Å². The highest BCUT2D eigenvalue weighted by Crippen LogP contribution is 2.32. The van der Waals surface area contributed by atoms with Crippen LogP contribution in [0.25, 0.3) is 0 Å². The Morgan fingerprint density at radius 2 is 1.79 bits per heavy atom. The fourth-order valence-electron chi connectivity index (χ4n) is 3.48. The van der Waals surface area contributed by atoms with Gasteiger partial charge in [-0.3, -0.25) is 0 Å². The minimum atomic E-state index is -4.62. The highest BCUT2D eigenvalue weighted by molar-refractivity contribution is 7.89. The molecule has 0 saturated carbocycles. The van der Waals surface area contributed by atoms with Crippen LogP contribution in [0.5, 0.6) is 0 Å². The predicted molar refractivity (Wildman–Crippen MR) is 119 cm³/mol. The van der Waals surface area contributed by atoms with Crippen LogP contribution in [0.15, 0.2) is 52.7 Å². The van der Waals surface area contributed by atoms with Gasteiger partial charge in [0.05, 0.1) is 21.2 Å². The average Bonchev–Trinajstić information content (AvgIpc) is 3.24. The molecule has 0 radical (unpaired) electrons. The largest absolute Gasteiger partial charge is 0.416 e. The van der Waals surface area contributed by atoms with E-state index >= 15 is 0 Å². The molecule has 1 saturated heterocycles. The van der Waals surface area contributed by atoms with E-state index in [2.05, 4.69) is 4.98 Å². The van der Waals surface area contributed by atoms with E-state index in [1.807, 2.05) is 10.3 Å². The topological polar surface area (TPSA) is 53.5 Å². The smallest absolute Gasteiger partial charge is 0.345 e. The highest BCUT2D eigenvalue weighted by Gasteiger charge is 2.34. The van der Waals surface area contributed by atoms with Crippen molar-refractivity contribution in [2.24, 2.45) is 0 Å². The van der Waals surface area contributed by atoms with Crippen LogP contribution < -0.4 is 4.90 Å². The highest BCUT2D eigenvalue weighted by atomic mass is 35.5. The van der Waals surface area contributed by atoms with Crippen LogP contribution in [-0.4, -0.2) is 43.9 Å². The zero-order chi connectivity index (χ0) is 23.8. The molecule has 12 heteroatoms. The van der Waals surface area contributed by atoms with Gasteiger partial charge in [0.2, 0.25) is 10.0 Å². The number of hydrogen-bond donors (Lipinski definition) is 0. The summed E-state index contributed by atoms with van der Waals surface area (Å²) in [7, 11) is -4.05. The Labute approximate surface area is 197 Å². The van der Waals surface area contributed by atoms with Crippen molar-refractivity contribution in [3.8, 4) is 0 Å². The van der Waals surface area contributed by atoms with Gasteiger partial charge in [0.15, 0.2) is 5.13 Å². The predicted octanol–water partition coefficient (Wildman–Crippen LogP) is 5.06. The summed E-state index contributed by atoms with van der Waals surface area (Å²) in [6.45, 7) is 0.961. The summed E-state index contributed by atoms with van der Waals surface area (Å²) in [6, 6.07) is 8.26. The average molecular weight is 520 g/mol. The molecule has 0 N–H and O–H groups in total. The van der Waals surface area contributed by atoms with Crippen LogP contribution in [-0.2, 0) is 22.6 Å². The maximum atomic E-state index is 13.3. The fourth-order valence-corrected chi connectivity index (χ4v) is 6.03. The van der Waals surface area contributed by atoms with Crippen molar-refractivity contribution in [2.45, 2.75) is 17.5 Å². The summed E-state index contributed by atoms with van der Waals surface area (Å²) in [5, 5.41) is 2.63. The molecule has 1 aliphatic heterocycles.